The highest BCUT2D eigenvalue weighted by Crippen LogP contribution is 2.21. The van der Waals surface area contributed by atoms with E-state index in [1.54, 1.807) is 11.3 Å². The molecule has 0 fully saturated rings. The van der Waals surface area contributed by atoms with Crippen LogP contribution >= 0.6 is 11.3 Å². The molecule has 1 heterocycles. The van der Waals surface area contributed by atoms with E-state index in [2.05, 4.69) is 54.0 Å². The van der Waals surface area contributed by atoms with Crippen molar-refractivity contribution in [3.63, 3.8) is 0 Å². The summed E-state index contributed by atoms with van der Waals surface area (Å²) in [5.74, 6) is 0. The van der Waals surface area contributed by atoms with Gasteiger partial charge in [0.1, 0.15) is 5.01 Å². The van der Waals surface area contributed by atoms with Gasteiger partial charge in [0.05, 0.1) is 5.69 Å². The van der Waals surface area contributed by atoms with Gasteiger partial charge in [-0.15, -0.1) is 11.3 Å². The van der Waals surface area contributed by atoms with Crippen LogP contribution in [0.4, 0.5) is 0 Å². The number of thiazole rings is 1. The number of nitrogens with one attached hydrogen (secondary N) is 1. The largest absolute Gasteiger partial charge is 0.306 e. The molecule has 0 unspecified atom stereocenters. The summed E-state index contributed by atoms with van der Waals surface area (Å²) in [5.41, 5.74) is 4.92. The number of hydrogen-bond donors (Lipinski definition) is 1. The van der Waals surface area contributed by atoms with E-state index in [1.165, 1.54) is 16.7 Å². The summed E-state index contributed by atoms with van der Waals surface area (Å²) in [6, 6.07) is 18.8. The van der Waals surface area contributed by atoms with Crippen molar-refractivity contribution in [1.29, 1.82) is 0 Å². The van der Waals surface area contributed by atoms with E-state index in [1.807, 2.05) is 18.2 Å². The SMILES string of the molecule is Cc1ccccc1CNCc1nc(-c2ccccc2)cs1. The molecule has 0 saturated carbocycles. The van der Waals surface area contributed by atoms with Gasteiger partial charge in [0.25, 0.3) is 0 Å². The van der Waals surface area contributed by atoms with Crippen LogP contribution in [0.1, 0.15) is 16.1 Å². The first-order valence-corrected chi connectivity index (χ1v) is 7.96. The number of benzene rings is 2. The second kappa shape index (κ2) is 6.66. The molecule has 3 aromatic rings. The summed E-state index contributed by atoms with van der Waals surface area (Å²) >= 11 is 1.71. The van der Waals surface area contributed by atoms with E-state index in [9.17, 15) is 0 Å². The van der Waals surface area contributed by atoms with Gasteiger partial charge in [-0.2, -0.15) is 0 Å². The van der Waals surface area contributed by atoms with Crippen LogP contribution in [0.3, 0.4) is 0 Å². The van der Waals surface area contributed by atoms with E-state index in [0.29, 0.717) is 0 Å². The molecule has 0 aliphatic carbocycles. The number of aryl methyl sites for hydroxylation is 1. The van der Waals surface area contributed by atoms with E-state index in [-0.39, 0.29) is 0 Å². The van der Waals surface area contributed by atoms with Gasteiger partial charge < -0.3 is 5.32 Å². The molecular formula is C18H18N2S. The summed E-state index contributed by atoms with van der Waals surface area (Å²) in [6.45, 7) is 3.84. The first-order valence-electron chi connectivity index (χ1n) is 7.08. The van der Waals surface area contributed by atoms with E-state index < -0.39 is 0 Å². The van der Waals surface area contributed by atoms with Gasteiger partial charge in [-0.1, -0.05) is 54.6 Å². The Morgan fingerprint density at radius 2 is 1.71 bits per heavy atom. The molecular weight excluding hydrogens is 276 g/mol. The Morgan fingerprint density at radius 3 is 2.52 bits per heavy atom. The molecule has 2 nitrogen and oxygen atoms in total. The number of hydrogen-bond acceptors (Lipinski definition) is 3. The Bertz CT molecular complexity index is 704. The zero-order valence-electron chi connectivity index (χ0n) is 12.0. The first kappa shape index (κ1) is 14.0. The molecule has 1 N–H and O–H groups in total. The fraction of sp³-hybridized carbons (Fsp3) is 0.167. The average molecular weight is 294 g/mol. The minimum Gasteiger partial charge on any atom is -0.306 e. The Hall–Kier alpha value is -1.97. The summed E-state index contributed by atoms with van der Waals surface area (Å²) in [5, 5.41) is 6.72. The molecule has 106 valence electrons. The third-order valence-electron chi connectivity index (χ3n) is 3.47. The Labute approximate surface area is 129 Å². The maximum absolute atomic E-state index is 4.69. The number of aromatic nitrogens is 1. The maximum atomic E-state index is 4.69. The van der Waals surface area contributed by atoms with Crippen molar-refractivity contribution in [2.75, 3.05) is 0 Å². The smallest absolute Gasteiger partial charge is 0.107 e. The van der Waals surface area contributed by atoms with E-state index in [0.717, 1.165) is 23.8 Å². The van der Waals surface area contributed by atoms with Crippen molar-refractivity contribution >= 4 is 11.3 Å². The fourth-order valence-corrected chi connectivity index (χ4v) is 3.02. The van der Waals surface area contributed by atoms with E-state index in [4.69, 9.17) is 4.98 Å². The topological polar surface area (TPSA) is 24.9 Å². The van der Waals surface area contributed by atoms with Gasteiger partial charge in [0.2, 0.25) is 0 Å². The third-order valence-corrected chi connectivity index (χ3v) is 4.32. The maximum Gasteiger partial charge on any atom is 0.107 e. The van der Waals surface area contributed by atoms with Crippen LogP contribution in [0.15, 0.2) is 60.0 Å². The van der Waals surface area contributed by atoms with Gasteiger partial charge in [-0.3, -0.25) is 0 Å². The van der Waals surface area contributed by atoms with Crippen LogP contribution in [0.2, 0.25) is 0 Å². The van der Waals surface area contributed by atoms with Crippen molar-refractivity contribution < 1.29 is 0 Å². The highest BCUT2D eigenvalue weighted by Gasteiger charge is 2.04. The monoisotopic (exact) mass is 294 g/mol. The predicted octanol–water partition coefficient (Wildman–Crippen LogP) is 4.41. The molecule has 0 spiro atoms. The molecule has 2 aromatic carbocycles. The molecule has 0 radical (unpaired) electrons. The summed E-state index contributed by atoms with van der Waals surface area (Å²) in [4.78, 5) is 4.69. The highest BCUT2D eigenvalue weighted by molar-refractivity contribution is 7.09. The minimum atomic E-state index is 0.811. The molecule has 0 saturated heterocycles. The molecule has 0 aliphatic rings. The van der Waals surface area contributed by atoms with Crippen LogP contribution in [0, 0.1) is 6.92 Å². The second-order valence-corrected chi connectivity index (χ2v) is 5.97. The van der Waals surface area contributed by atoms with Crippen LogP contribution in [0.25, 0.3) is 11.3 Å². The molecule has 0 atom stereocenters. The van der Waals surface area contributed by atoms with Gasteiger partial charge in [-0.25, -0.2) is 4.98 Å². The molecule has 0 aliphatic heterocycles. The second-order valence-electron chi connectivity index (χ2n) is 5.02. The molecule has 21 heavy (non-hydrogen) atoms. The average Bonchev–Trinajstić information content (AvgIpc) is 2.99. The molecule has 1 aromatic heterocycles. The van der Waals surface area contributed by atoms with Gasteiger partial charge in [0.15, 0.2) is 0 Å². The Balaban J connectivity index is 1.60. The van der Waals surface area contributed by atoms with Crippen LogP contribution in [-0.2, 0) is 13.1 Å². The van der Waals surface area contributed by atoms with Crippen LogP contribution in [-0.4, -0.2) is 4.98 Å². The zero-order valence-corrected chi connectivity index (χ0v) is 12.9. The quantitative estimate of drug-likeness (QED) is 0.754. The van der Waals surface area contributed by atoms with Gasteiger partial charge >= 0.3 is 0 Å². The van der Waals surface area contributed by atoms with Crippen molar-refractivity contribution in [2.24, 2.45) is 0 Å². The standard InChI is InChI=1S/C18H18N2S/c1-14-7-5-6-10-16(14)11-19-12-18-20-17(13-21-18)15-8-3-2-4-9-15/h2-10,13,19H,11-12H2,1H3. The predicted molar refractivity (Wildman–Crippen MR) is 89.3 cm³/mol. The number of nitrogens with zero attached hydrogens (tertiary/aromatic N) is 1. The van der Waals surface area contributed by atoms with Gasteiger partial charge in [0, 0.05) is 24.0 Å². The Morgan fingerprint density at radius 1 is 0.952 bits per heavy atom. The molecule has 3 heteroatoms. The van der Waals surface area contributed by atoms with Gasteiger partial charge in [-0.05, 0) is 18.1 Å². The number of rotatable bonds is 5. The highest BCUT2D eigenvalue weighted by atomic mass is 32.1. The van der Waals surface area contributed by atoms with Crippen molar-refractivity contribution in [3.05, 3.63) is 76.1 Å². The van der Waals surface area contributed by atoms with E-state index >= 15 is 0 Å². The first-order chi connectivity index (χ1) is 10.3. The lowest BCUT2D eigenvalue weighted by atomic mass is 10.1. The minimum absolute atomic E-state index is 0.811. The van der Waals surface area contributed by atoms with Crippen molar-refractivity contribution in [1.82, 2.24) is 10.3 Å². The van der Waals surface area contributed by atoms with Crippen LogP contribution < -0.4 is 5.32 Å². The van der Waals surface area contributed by atoms with Crippen molar-refractivity contribution in [2.45, 2.75) is 20.0 Å². The summed E-state index contributed by atoms with van der Waals surface area (Å²) < 4.78 is 0. The molecule has 3 rings (SSSR count). The van der Waals surface area contributed by atoms with Crippen molar-refractivity contribution in [3.8, 4) is 11.3 Å². The Kier molecular flexibility index (Phi) is 4.43. The lowest BCUT2D eigenvalue weighted by Gasteiger charge is -2.06. The third kappa shape index (κ3) is 3.57. The zero-order chi connectivity index (χ0) is 14.5. The lowest BCUT2D eigenvalue weighted by Crippen LogP contribution is -2.13. The molecule has 0 amide bonds. The lowest BCUT2D eigenvalue weighted by molar-refractivity contribution is 0.687. The fourth-order valence-electron chi connectivity index (χ4n) is 2.25. The summed E-state index contributed by atoms with van der Waals surface area (Å²) in [7, 11) is 0. The molecule has 0 bridgehead atoms. The van der Waals surface area contributed by atoms with Crippen LogP contribution in [0.5, 0.6) is 0 Å². The summed E-state index contributed by atoms with van der Waals surface area (Å²) in [6.07, 6.45) is 0. The normalized spacial score (nSPS) is 10.7.